The summed E-state index contributed by atoms with van der Waals surface area (Å²) in [6.45, 7) is 4.77. The van der Waals surface area contributed by atoms with Crippen molar-refractivity contribution in [2.24, 2.45) is 0 Å². The number of anilines is 1. The second-order valence-corrected chi connectivity index (χ2v) is 8.54. The number of hydrogen-bond acceptors (Lipinski definition) is 9. The van der Waals surface area contributed by atoms with Gasteiger partial charge in [0.15, 0.2) is 23.0 Å². The van der Waals surface area contributed by atoms with Crippen molar-refractivity contribution in [2.45, 2.75) is 19.5 Å². The second kappa shape index (κ2) is 10.4. The highest BCUT2D eigenvalue weighted by molar-refractivity contribution is 5.48. The average Bonchev–Trinajstić information content (AvgIpc) is 2.91. The standard InChI is InChI=1S/C26H30N4O5/c1-32-21-7-3-4-8-22(21)35-25-19-17-29(16-18-6-5-9-23(33-2)24(18)31)11-10-20(19)27-26(28-25)30-12-14-34-15-13-30/h3-9,31H,10-17H2,1-2H3. The summed E-state index contributed by atoms with van der Waals surface area (Å²) in [6.07, 6.45) is 0.752. The molecule has 35 heavy (non-hydrogen) atoms. The fraction of sp³-hybridized carbons (Fsp3) is 0.385. The number of benzene rings is 2. The monoisotopic (exact) mass is 478 g/mol. The van der Waals surface area contributed by atoms with Crippen molar-refractivity contribution < 1.29 is 24.1 Å². The summed E-state index contributed by atoms with van der Waals surface area (Å²) in [4.78, 5) is 14.2. The van der Waals surface area contributed by atoms with Gasteiger partial charge in [0.2, 0.25) is 11.8 Å². The SMILES string of the molecule is COc1ccccc1Oc1nc(N2CCOCC2)nc2c1CN(Cc1cccc(OC)c1O)CC2. The van der Waals surface area contributed by atoms with Crippen LogP contribution in [0.1, 0.15) is 16.8 Å². The van der Waals surface area contributed by atoms with Crippen LogP contribution in [0.4, 0.5) is 5.95 Å². The van der Waals surface area contributed by atoms with Crippen LogP contribution in [0.2, 0.25) is 0 Å². The minimum Gasteiger partial charge on any atom is -0.504 e. The van der Waals surface area contributed by atoms with Gasteiger partial charge in [-0.3, -0.25) is 4.90 Å². The Labute approximate surface area is 204 Å². The molecule has 0 saturated carbocycles. The van der Waals surface area contributed by atoms with Gasteiger partial charge in [0.25, 0.3) is 0 Å². The number of hydrogen-bond donors (Lipinski definition) is 1. The molecule has 3 heterocycles. The number of para-hydroxylation sites is 3. The zero-order valence-corrected chi connectivity index (χ0v) is 20.1. The Kier molecular flexibility index (Phi) is 6.87. The number of methoxy groups -OCH3 is 2. The number of morpholine rings is 1. The van der Waals surface area contributed by atoms with E-state index in [1.54, 1.807) is 20.3 Å². The van der Waals surface area contributed by atoms with E-state index in [4.69, 9.17) is 28.9 Å². The second-order valence-electron chi connectivity index (χ2n) is 8.54. The molecule has 1 aromatic heterocycles. The van der Waals surface area contributed by atoms with Crippen molar-refractivity contribution in [1.82, 2.24) is 14.9 Å². The lowest BCUT2D eigenvalue weighted by Gasteiger charge is -2.32. The lowest BCUT2D eigenvalue weighted by atomic mass is 10.0. The fourth-order valence-electron chi connectivity index (χ4n) is 4.46. The molecule has 2 aliphatic rings. The van der Waals surface area contributed by atoms with Crippen LogP contribution in [0.3, 0.4) is 0 Å². The molecule has 0 atom stereocenters. The lowest BCUT2D eigenvalue weighted by molar-refractivity contribution is 0.122. The summed E-state index contributed by atoms with van der Waals surface area (Å²) in [5, 5.41) is 10.6. The first kappa shape index (κ1) is 23.2. The molecule has 0 aliphatic carbocycles. The summed E-state index contributed by atoms with van der Waals surface area (Å²) in [5.74, 6) is 3.08. The van der Waals surface area contributed by atoms with E-state index in [1.807, 2.05) is 36.4 Å². The topological polar surface area (TPSA) is 89.4 Å². The molecular formula is C26H30N4O5. The van der Waals surface area contributed by atoms with Gasteiger partial charge in [0, 0.05) is 44.7 Å². The van der Waals surface area contributed by atoms with Crippen LogP contribution < -0.4 is 19.1 Å². The van der Waals surface area contributed by atoms with Crippen LogP contribution in [-0.4, -0.2) is 67.0 Å². The Morgan fingerprint density at radius 1 is 0.914 bits per heavy atom. The third kappa shape index (κ3) is 4.96. The molecule has 0 amide bonds. The predicted octanol–water partition coefficient (Wildman–Crippen LogP) is 3.39. The third-order valence-corrected chi connectivity index (χ3v) is 6.36. The van der Waals surface area contributed by atoms with Gasteiger partial charge < -0.3 is 29.0 Å². The van der Waals surface area contributed by atoms with Crippen LogP contribution in [0.15, 0.2) is 42.5 Å². The summed E-state index contributed by atoms with van der Waals surface area (Å²) in [6, 6.07) is 13.1. The summed E-state index contributed by atoms with van der Waals surface area (Å²) < 4.78 is 22.6. The first-order valence-electron chi connectivity index (χ1n) is 11.8. The van der Waals surface area contributed by atoms with Crippen molar-refractivity contribution in [3.63, 3.8) is 0 Å². The number of phenols is 1. The van der Waals surface area contributed by atoms with Crippen LogP contribution in [-0.2, 0) is 24.2 Å². The molecule has 0 radical (unpaired) electrons. The molecule has 5 rings (SSSR count). The van der Waals surface area contributed by atoms with E-state index >= 15 is 0 Å². The molecule has 1 fully saturated rings. The Morgan fingerprint density at radius 2 is 1.66 bits per heavy atom. The molecule has 0 bridgehead atoms. The quantitative estimate of drug-likeness (QED) is 0.549. The number of fused-ring (bicyclic) bond motifs is 1. The molecule has 184 valence electrons. The molecule has 1 saturated heterocycles. The molecule has 9 heteroatoms. The maximum Gasteiger partial charge on any atom is 0.229 e. The van der Waals surface area contributed by atoms with Crippen molar-refractivity contribution in [2.75, 3.05) is 52.0 Å². The van der Waals surface area contributed by atoms with Crippen molar-refractivity contribution >= 4 is 5.95 Å². The van der Waals surface area contributed by atoms with Gasteiger partial charge in [-0.05, 0) is 18.2 Å². The molecular weight excluding hydrogens is 448 g/mol. The molecule has 2 aliphatic heterocycles. The number of aromatic hydroxyl groups is 1. The molecule has 0 unspecified atom stereocenters. The van der Waals surface area contributed by atoms with E-state index in [9.17, 15) is 5.11 Å². The molecule has 2 aromatic carbocycles. The fourth-order valence-corrected chi connectivity index (χ4v) is 4.46. The summed E-state index contributed by atoms with van der Waals surface area (Å²) >= 11 is 0. The molecule has 3 aromatic rings. The van der Waals surface area contributed by atoms with Gasteiger partial charge in [0.05, 0.1) is 38.7 Å². The zero-order chi connectivity index (χ0) is 24.2. The van der Waals surface area contributed by atoms with Crippen molar-refractivity contribution in [1.29, 1.82) is 0 Å². The maximum atomic E-state index is 10.6. The van der Waals surface area contributed by atoms with Crippen LogP contribution >= 0.6 is 0 Å². The highest BCUT2D eigenvalue weighted by Crippen LogP contribution is 2.37. The number of ether oxygens (including phenoxy) is 4. The first-order chi connectivity index (χ1) is 17.2. The molecule has 1 N–H and O–H groups in total. The van der Waals surface area contributed by atoms with Crippen LogP contribution in [0.5, 0.6) is 28.9 Å². The average molecular weight is 479 g/mol. The first-order valence-corrected chi connectivity index (χ1v) is 11.8. The van der Waals surface area contributed by atoms with Gasteiger partial charge >= 0.3 is 0 Å². The number of aromatic nitrogens is 2. The van der Waals surface area contributed by atoms with Gasteiger partial charge in [-0.2, -0.15) is 4.98 Å². The Morgan fingerprint density at radius 3 is 2.43 bits per heavy atom. The third-order valence-electron chi connectivity index (χ3n) is 6.36. The van der Waals surface area contributed by atoms with Gasteiger partial charge in [-0.15, -0.1) is 0 Å². The number of phenolic OH excluding ortho intramolecular Hbond substituents is 1. The number of nitrogens with zero attached hydrogens (tertiary/aromatic N) is 4. The van der Waals surface area contributed by atoms with Gasteiger partial charge in [0.1, 0.15) is 0 Å². The lowest BCUT2D eigenvalue weighted by Crippen LogP contribution is -2.38. The van der Waals surface area contributed by atoms with E-state index < -0.39 is 0 Å². The number of rotatable bonds is 7. The minimum absolute atomic E-state index is 0.171. The zero-order valence-electron chi connectivity index (χ0n) is 20.1. The van der Waals surface area contributed by atoms with E-state index in [-0.39, 0.29) is 5.75 Å². The highest BCUT2D eigenvalue weighted by Gasteiger charge is 2.27. The smallest absolute Gasteiger partial charge is 0.229 e. The molecule has 9 nitrogen and oxygen atoms in total. The van der Waals surface area contributed by atoms with E-state index in [0.29, 0.717) is 55.4 Å². The molecule has 0 spiro atoms. The minimum atomic E-state index is 0.171. The Hall–Kier alpha value is -3.56. The van der Waals surface area contributed by atoms with E-state index in [2.05, 4.69) is 9.80 Å². The van der Waals surface area contributed by atoms with Crippen LogP contribution in [0, 0.1) is 0 Å². The highest BCUT2D eigenvalue weighted by atomic mass is 16.5. The van der Waals surface area contributed by atoms with Gasteiger partial charge in [-0.1, -0.05) is 24.3 Å². The summed E-state index contributed by atoms with van der Waals surface area (Å²) in [5.41, 5.74) is 2.74. The van der Waals surface area contributed by atoms with E-state index in [1.165, 1.54) is 0 Å². The Bertz CT molecular complexity index is 1180. The van der Waals surface area contributed by atoms with Crippen molar-refractivity contribution in [3.05, 3.63) is 59.3 Å². The van der Waals surface area contributed by atoms with Gasteiger partial charge in [-0.25, -0.2) is 4.98 Å². The Balaban J connectivity index is 1.47. The normalized spacial score (nSPS) is 16.0. The van der Waals surface area contributed by atoms with Crippen LogP contribution in [0.25, 0.3) is 0 Å². The summed E-state index contributed by atoms with van der Waals surface area (Å²) in [7, 11) is 3.18. The predicted molar refractivity (Wildman–Crippen MR) is 131 cm³/mol. The van der Waals surface area contributed by atoms with E-state index in [0.717, 1.165) is 42.9 Å². The van der Waals surface area contributed by atoms with Crippen molar-refractivity contribution in [3.8, 4) is 28.9 Å². The largest absolute Gasteiger partial charge is 0.504 e. The maximum absolute atomic E-state index is 10.6.